The number of rotatable bonds is 3. The molecule has 3 aromatic carbocycles. The van der Waals surface area contributed by atoms with Crippen LogP contribution in [0.15, 0.2) is 42.6 Å². The highest BCUT2D eigenvalue weighted by Crippen LogP contribution is 2.43. The van der Waals surface area contributed by atoms with Crippen LogP contribution in [0.5, 0.6) is 5.75 Å². The maximum absolute atomic E-state index is 14.5. The number of halogens is 2. The Morgan fingerprint density at radius 1 is 1.27 bits per heavy atom. The Morgan fingerprint density at radius 2 is 2.10 bits per heavy atom. The van der Waals surface area contributed by atoms with Crippen LogP contribution < -0.4 is 4.74 Å². The average molecular weight is 422 g/mol. The molecule has 1 N–H and O–H groups in total. The van der Waals surface area contributed by atoms with Crippen molar-refractivity contribution >= 4 is 39.2 Å². The summed E-state index contributed by atoms with van der Waals surface area (Å²) in [7, 11) is 0. The van der Waals surface area contributed by atoms with E-state index in [1.165, 1.54) is 6.07 Å². The third-order valence-corrected chi connectivity index (χ3v) is 5.97. The van der Waals surface area contributed by atoms with Crippen LogP contribution in [0.3, 0.4) is 0 Å². The van der Waals surface area contributed by atoms with Gasteiger partial charge in [0, 0.05) is 23.6 Å². The molecule has 6 heteroatoms. The zero-order valence-electron chi connectivity index (χ0n) is 16.1. The molecule has 0 radical (unpaired) electrons. The lowest BCUT2D eigenvalue weighted by Gasteiger charge is -2.21. The first kappa shape index (κ1) is 18.8. The van der Waals surface area contributed by atoms with Crippen molar-refractivity contribution in [2.24, 2.45) is 0 Å². The first-order chi connectivity index (χ1) is 14.4. The number of pyridine rings is 1. The predicted octanol–water partition coefficient (Wildman–Crippen LogP) is 5.72. The quantitative estimate of drug-likeness (QED) is 0.459. The molecule has 0 fully saturated rings. The average Bonchev–Trinajstić information content (AvgIpc) is 2.71. The van der Waals surface area contributed by atoms with Gasteiger partial charge in [-0.1, -0.05) is 17.7 Å². The van der Waals surface area contributed by atoms with Gasteiger partial charge in [-0.15, -0.1) is 0 Å². The van der Waals surface area contributed by atoms with E-state index in [2.05, 4.69) is 4.98 Å². The first-order valence-corrected chi connectivity index (χ1v) is 9.98. The summed E-state index contributed by atoms with van der Waals surface area (Å²) in [6, 6.07) is 10.5. The van der Waals surface area contributed by atoms with E-state index in [1.807, 2.05) is 31.2 Å². The van der Waals surface area contributed by atoms with Gasteiger partial charge in [0.15, 0.2) is 0 Å². The third kappa shape index (κ3) is 2.89. The highest BCUT2D eigenvalue weighted by Gasteiger charge is 2.22. The maximum atomic E-state index is 14.5. The summed E-state index contributed by atoms with van der Waals surface area (Å²) in [5, 5.41) is 11.9. The summed E-state index contributed by atoms with van der Waals surface area (Å²) in [6.07, 6.45) is 2.35. The zero-order chi connectivity index (χ0) is 21.0. The monoisotopic (exact) mass is 421 g/mol. The minimum atomic E-state index is -0.952. The van der Waals surface area contributed by atoms with E-state index in [1.54, 1.807) is 12.3 Å². The number of hydrogen-bond donors (Lipinski definition) is 1. The largest absolute Gasteiger partial charge is 0.493 e. The summed E-state index contributed by atoms with van der Waals surface area (Å²) < 4.78 is 20.3. The fourth-order valence-corrected chi connectivity index (χ4v) is 4.54. The van der Waals surface area contributed by atoms with Crippen molar-refractivity contribution in [1.29, 1.82) is 0 Å². The summed E-state index contributed by atoms with van der Waals surface area (Å²) in [6.45, 7) is 2.47. The maximum Gasteiger partial charge on any atom is 0.307 e. The van der Waals surface area contributed by atoms with Crippen LogP contribution in [0.4, 0.5) is 4.39 Å². The standard InChI is InChI=1S/C24H17ClFNO3/c1-12-8-14-9-18(25)19(26)10-17(14)23(16(12)11-21(28)29)15-2-3-20-22-13(5-7-30-20)4-6-27-24(15)22/h2-4,6,8-10H,5,7,11H2,1H3,(H,28,29). The molecule has 4 aromatic rings. The number of aliphatic carboxylic acids is 1. The predicted molar refractivity (Wildman–Crippen MR) is 115 cm³/mol. The van der Waals surface area contributed by atoms with Crippen molar-refractivity contribution in [2.45, 2.75) is 19.8 Å². The number of benzene rings is 3. The Hall–Kier alpha value is -3.18. The molecule has 1 aromatic heterocycles. The van der Waals surface area contributed by atoms with Gasteiger partial charge >= 0.3 is 5.97 Å². The number of fused-ring (bicyclic) bond motifs is 1. The van der Waals surface area contributed by atoms with Crippen LogP contribution in [0.25, 0.3) is 32.8 Å². The van der Waals surface area contributed by atoms with Gasteiger partial charge < -0.3 is 9.84 Å². The minimum absolute atomic E-state index is 0.0299. The van der Waals surface area contributed by atoms with Crippen LogP contribution in [0.1, 0.15) is 16.7 Å². The topological polar surface area (TPSA) is 59.4 Å². The van der Waals surface area contributed by atoms with Crippen LogP contribution in [-0.2, 0) is 17.6 Å². The van der Waals surface area contributed by atoms with Gasteiger partial charge in [-0.05, 0) is 70.3 Å². The molecular formula is C24H17ClFNO3. The number of hydrogen-bond acceptors (Lipinski definition) is 3. The molecule has 4 nitrogen and oxygen atoms in total. The molecule has 0 atom stereocenters. The Kier molecular flexibility index (Phi) is 4.36. The number of nitrogens with zero attached hydrogens (tertiary/aromatic N) is 1. The molecule has 5 rings (SSSR count). The van der Waals surface area contributed by atoms with Gasteiger partial charge in [0.25, 0.3) is 0 Å². The van der Waals surface area contributed by atoms with E-state index in [0.717, 1.165) is 45.1 Å². The Labute approximate surface area is 176 Å². The molecule has 30 heavy (non-hydrogen) atoms. The van der Waals surface area contributed by atoms with E-state index >= 15 is 0 Å². The number of aryl methyl sites for hydroxylation is 1. The molecule has 1 aliphatic heterocycles. The fraction of sp³-hybridized carbons (Fsp3) is 0.167. The molecule has 0 aliphatic carbocycles. The number of ether oxygens (including phenoxy) is 1. The molecule has 0 unspecified atom stereocenters. The highest BCUT2D eigenvalue weighted by molar-refractivity contribution is 6.31. The molecule has 0 saturated carbocycles. The lowest BCUT2D eigenvalue weighted by atomic mass is 9.86. The van der Waals surface area contributed by atoms with Gasteiger partial charge in [0.2, 0.25) is 0 Å². The van der Waals surface area contributed by atoms with E-state index in [4.69, 9.17) is 16.3 Å². The van der Waals surface area contributed by atoms with Crippen molar-refractivity contribution in [1.82, 2.24) is 4.98 Å². The van der Waals surface area contributed by atoms with Crippen molar-refractivity contribution in [3.63, 3.8) is 0 Å². The zero-order valence-corrected chi connectivity index (χ0v) is 16.9. The van der Waals surface area contributed by atoms with Gasteiger partial charge in [-0.2, -0.15) is 0 Å². The third-order valence-electron chi connectivity index (χ3n) is 5.68. The van der Waals surface area contributed by atoms with Crippen LogP contribution in [0.2, 0.25) is 5.02 Å². The van der Waals surface area contributed by atoms with Crippen molar-refractivity contribution in [2.75, 3.05) is 6.61 Å². The van der Waals surface area contributed by atoms with Crippen molar-refractivity contribution in [3.8, 4) is 16.9 Å². The smallest absolute Gasteiger partial charge is 0.307 e. The lowest BCUT2D eigenvalue weighted by Crippen LogP contribution is -2.10. The second-order valence-corrected chi connectivity index (χ2v) is 7.92. The van der Waals surface area contributed by atoms with Gasteiger partial charge in [0.05, 0.1) is 23.6 Å². The Morgan fingerprint density at radius 3 is 2.90 bits per heavy atom. The summed E-state index contributed by atoms with van der Waals surface area (Å²) in [5.41, 5.74) is 4.72. The van der Waals surface area contributed by atoms with Gasteiger partial charge in [-0.25, -0.2) is 4.39 Å². The number of carboxylic acid groups (broad SMARTS) is 1. The fourth-order valence-electron chi connectivity index (χ4n) is 4.37. The molecule has 0 amide bonds. The number of aromatic nitrogens is 1. The molecule has 2 heterocycles. The highest BCUT2D eigenvalue weighted by atomic mass is 35.5. The van der Waals surface area contributed by atoms with Gasteiger partial charge in [0.1, 0.15) is 11.6 Å². The second-order valence-electron chi connectivity index (χ2n) is 7.51. The van der Waals surface area contributed by atoms with Crippen LogP contribution in [-0.4, -0.2) is 22.7 Å². The summed E-state index contributed by atoms with van der Waals surface area (Å²) >= 11 is 6.03. The van der Waals surface area contributed by atoms with E-state index in [9.17, 15) is 14.3 Å². The number of carboxylic acids is 1. The minimum Gasteiger partial charge on any atom is -0.493 e. The van der Waals surface area contributed by atoms with Gasteiger partial charge in [-0.3, -0.25) is 9.78 Å². The molecule has 0 spiro atoms. The van der Waals surface area contributed by atoms with Crippen molar-refractivity contribution in [3.05, 3.63) is 70.1 Å². The van der Waals surface area contributed by atoms with Crippen molar-refractivity contribution < 1.29 is 19.0 Å². The van der Waals surface area contributed by atoms with E-state index < -0.39 is 11.8 Å². The SMILES string of the molecule is Cc1cc2cc(Cl)c(F)cc2c(-c2ccc3c4c(ccnc24)CCO3)c1CC(=O)O. The first-order valence-electron chi connectivity index (χ1n) is 9.61. The molecule has 0 saturated heterocycles. The van der Waals surface area contributed by atoms with E-state index in [0.29, 0.717) is 23.1 Å². The Balaban J connectivity index is 1.94. The molecular weight excluding hydrogens is 405 g/mol. The molecule has 150 valence electrons. The summed E-state index contributed by atoms with van der Waals surface area (Å²) in [4.78, 5) is 16.3. The molecule has 0 bridgehead atoms. The van der Waals surface area contributed by atoms with Crippen LogP contribution in [0, 0.1) is 12.7 Å². The van der Waals surface area contributed by atoms with E-state index in [-0.39, 0.29) is 11.4 Å². The second kappa shape index (κ2) is 6.96. The number of carbonyl (C=O) groups is 1. The normalized spacial score (nSPS) is 12.9. The summed E-state index contributed by atoms with van der Waals surface area (Å²) in [5.74, 6) is -0.740. The Bertz CT molecular complexity index is 1360. The molecule has 1 aliphatic rings. The van der Waals surface area contributed by atoms with Crippen LogP contribution >= 0.6 is 11.6 Å². The lowest BCUT2D eigenvalue weighted by molar-refractivity contribution is -0.136.